The highest BCUT2D eigenvalue weighted by atomic mass is 19.4. The molecule has 0 bridgehead atoms. The lowest BCUT2D eigenvalue weighted by atomic mass is 10.2. The van der Waals surface area contributed by atoms with Crippen molar-refractivity contribution >= 4 is 18.0 Å². The minimum atomic E-state index is -4.25. The van der Waals surface area contributed by atoms with Gasteiger partial charge in [0.2, 0.25) is 0 Å². The van der Waals surface area contributed by atoms with Crippen LogP contribution in [-0.2, 0) is 9.59 Å². The van der Waals surface area contributed by atoms with Gasteiger partial charge in [0.05, 0.1) is 6.42 Å². The summed E-state index contributed by atoms with van der Waals surface area (Å²) in [4.78, 5) is 32.2. The molecular weight excluding hydrogens is 285 g/mol. The zero-order valence-corrected chi connectivity index (χ0v) is 10.4. The van der Waals surface area contributed by atoms with Crippen molar-refractivity contribution in [3.8, 4) is 0 Å². The smallest absolute Gasteiger partial charge is 0.389 e. The Morgan fingerprint density at radius 3 is 2.15 bits per heavy atom. The molecule has 0 fully saturated rings. The van der Waals surface area contributed by atoms with E-state index in [-0.39, 0.29) is 19.4 Å². The molecule has 0 aliphatic rings. The Morgan fingerprint density at radius 2 is 1.70 bits per heavy atom. The highest BCUT2D eigenvalue weighted by molar-refractivity contribution is 5.86. The molecule has 0 aliphatic carbocycles. The number of unbranched alkanes of at least 4 members (excludes halogenated alkanes) is 1. The first-order chi connectivity index (χ1) is 9.11. The van der Waals surface area contributed by atoms with Gasteiger partial charge in [-0.1, -0.05) is 0 Å². The van der Waals surface area contributed by atoms with Gasteiger partial charge < -0.3 is 20.8 Å². The molecule has 0 aromatic heterocycles. The van der Waals surface area contributed by atoms with E-state index in [1.807, 2.05) is 5.32 Å². The topological polar surface area (TPSA) is 116 Å². The van der Waals surface area contributed by atoms with Crippen LogP contribution in [0.15, 0.2) is 0 Å². The first-order valence-electron chi connectivity index (χ1n) is 5.67. The molecule has 0 aromatic rings. The van der Waals surface area contributed by atoms with Crippen molar-refractivity contribution in [2.45, 2.75) is 37.9 Å². The van der Waals surface area contributed by atoms with Crippen molar-refractivity contribution < 1.29 is 37.8 Å². The maximum atomic E-state index is 11.8. The summed E-state index contributed by atoms with van der Waals surface area (Å²) in [5.41, 5.74) is 0. The molecule has 0 rings (SSSR count). The number of hydrogen-bond acceptors (Lipinski definition) is 3. The number of carbonyl (C=O) groups excluding carboxylic acids is 1. The largest absolute Gasteiger partial charge is 0.481 e. The number of hydrogen-bond donors (Lipinski definition) is 4. The van der Waals surface area contributed by atoms with E-state index in [0.29, 0.717) is 0 Å². The van der Waals surface area contributed by atoms with E-state index < -0.39 is 43.0 Å². The molecule has 2 amide bonds. The number of halogens is 3. The van der Waals surface area contributed by atoms with Crippen LogP contribution in [0.4, 0.5) is 18.0 Å². The number of carbonyl (C=O) groups is 3. The van der Waals surface area contributed by atoms with Crippen LogP contribution in [-0.4, -0.2) is 46.9 Å². The van der Waals surface area contributed by atoms with Crippen molar-refractivity contribution in [1.29, 1.82) is 0 Å². The predicted molar refractivity (Wildman–Crippen MR) is 60.1 cm³/mol. The number of alkyl halides is 3. The molecule has 0 unspecified atom stereocenters. The normalized spacial score (nSPS) is 12.6. The van der Waals surface area contributed by atoms with Gasteiger partial charge >= 0.3 is 24.1 Å². The zero-order valence-electron chi connectivity index (χ0n) is 10.4. The highest BCUT2D eigenvalue weighted by Crippen LogP contribution is 2.21. The average molecular weight is 300 g/mol. The number of carboxylic acid groups (broad SMARTS) is 2. The van der Waals surface area contributed by atoms with Gasteiger partial charge in [-0.15, -0.1) is 0 Å². The number of nitrogens with one attached hydrogen (secondary N) is 2. The number of urea groups is 1. The summed E-state index contributed by atoms with van der Waals surface area (Å²) in [6.07, 6.45) is -6.10. The fourth-order valence-electron chi connectivity index (χ4n) is 1.24. The Morgan fingerprint density at radius 1 is 1.10 bits per heavy atom. The lowest BCUT2D eigenvalue weighted by Gasteiger charge is -2.13. The predicted octanol–water partition coefficient (Wildman–Crippen LogP) is 0.946. The molecule has 0 heterocycles. The minimum Gasteiger partial charge on any atom is -0.481 e. The zero-order chi connectivity index (χ0) is 15.8. The number of carboxylic acids is 2. The summed E-state index contributed by atoms with van der Waals surface area (Å²) >= 11 is 0. The lowest BCUT2D eigenvalue weighted by Crippen LogP contribution is -2.47. The third-order valence-corrected chi connectivity index (χ3v) is 2.15. The second kappa shape index (κ2) is 8.23. The second-order valence-electron chi connectivity index (χ2n) is 3.96. The van der Waals surface area contributed by atoms with Crippen molar-refractivity contribution in [2.24, 2.45) is 0 Å². The van der Waals surface area contributed by atoms with Crippen molar-refractivity contribution in [3.63, 3.8) is 0 Å². The first-order valence-corrected chi connectivity index (χ1v) is 5.67. The van der Waals surface area contributed by atoms with Crippen LogP contribution in [0.5, 0.6) is 0 Å². The fraction of sp³-hybridized carbons (Fsp3) is 0.700. The highest BCUT2D eigenvalue weighted by Gasteiger charge is 2.26. The third-order valence-electron chi connectivity index (χ3n) is 2.15. The molecule has 116 valence electrons. The van der Waals surface area contributed by atoms with E-state index in [1.54, 1.807) is 0 Å². The van der Waals surface area contributed by atoms with E-state index in [9.17, 15) is 27.6 Å². The maximum absolute atomic E-state index is 11.8. The van der Waals surface area contributed by atoms with Crippen LogP contribution >= 0.6 is 0 Å². The minimum absolute atomic E-state index is 0.0681. The third kappa shape index (κ3) is 9.97. The Kier molecular flexibility index (Phi) is 7.40. The van der Waals surface area contributed by atoms with E-state index >= 15 is 0 Å². The molecule has 0 aliphatic heterocycles. The molecule has 7 nitrogen and oxygen atoms in total. The SMILES string of the molecule is O=C(O)C[C@H](NC(=O)NCCCCC(F)(F)F)C(=O)O. The van der Waals surface area contributed by atoms with Crippen LogP contribution in [0.2, 0.25) is 0 Å². The van der Waals surface area contributed by atoms with Crippen LogP contribution < -0.4 is 10.6 Å². The molecule has 0 saturated carbocycles. The summed E-state index contributed by atoms with van der Waals surface area (Å²) < 4.78 is 35.4. The summed E-state index contributed by atoms with van der Waals surface area (Å²) in [5.74, 6) is -2.91. The molecule has 4 N–H and O–H groups in total. The Hall–Kier alpha value is -2.00. The quantitative estimate of drug-likeness (QED) is 0.498. The molecule has 10 heteroatoms. The number of rotatable bonds is 8. The lowest BCUT2D eigenvalue weighted by molar-refractivity contribution is -0.145. The van der Waals surface area contributed by atoms with E-state index in [1.165, 1.54) is 0 Å². The van der Waals surface area contributed by atoms with Gasteiger partial charge in [-0.2, -0.15) is 13.2 Å². The van der Waals surface area contributed by atoms with Gasteiger partial charge in [0.15, 0.2) is 0 Å². The Balaban J connectivity index is 3.91. The monoisotopic (exact) mass is 300 g/mol. The van der Waals surface area contributed by atoms with Gasteiger partial charge in [0, 0.05) is 13.0 Å². The van der Waals surface area contributed by atoms with Gasteiger partial charge in [0.1, 0.15) is 6.04 Å². The van der Waals surface area contributed by atoms with Gasteiger partial charge in [-0.25, -0.2) is 9.59 Å². The van der Waals surface area contributed by atoms with Crippen LogP contribution in [0, 0.1) is 0 Å². The molecule has 0 aromatic carbocycles. The molecule has 0 saturated heterocycles. The van der Waals surface area contributed by atoms with Gasteiger partial charge in [0.25, 0.3) is 0 Å². The Labute approximate surface area is 112 Å². The van der Waals surface area contributed by atoms with E-state index in [0.717, 1.165) is 0 Å². The Bertz CT molecular complexity index is 359. The molecule has 0 radical (unpaired) electrons. The standard InChI is InChI=1S/C10H15F3N2O5/c11-10(12,13)3-1-2-4-14-9(20)15-6(8(18)19)5-7(16)17/h6H,1-5H2,(H,16,17)(H,18,19)(H2,14,15,20)/t6-/m0/s1. The van der Waals surface area contributed by atoms with Crippen LogP contribution in [0.3, 0.4) is 0 Å². The fourth-order valence-corrected chi connectivity index (χ4v) is 1.24. The average Bonchev–Trinajstić information content (AvgIpc) is 2.25. The molecule has 20 heavy (non-hydrogen) atoms. The van der Waals surface area contributed by atoms with E-state index in [2.05, 4.69) is 5.32 Å². The summed E-state index contributed by atoms with van der Waals surface area (Å²) in [7, 11) is 0. The van der Waals surface area contributed by atoms with Crippen molar-refractivity contribution in [1.82, 2.24) is 10.6 Å². The van der Waals surface area contributed by atoms with Gasteiger partial charge in [-0.3, -0.25) is 4.79 Å². The van der Waals surface area contributed by atoms with Crippen LogP contribution in [0.1, 0.15) is 25.7 Å². The van der Waals surface area contributed by atoms with Crippen molar-refractivity contribution in [2.75, 3.05) is 6.54 Å². The summed E-state index contributed by atoms with van der Waals surface area (Å²) in [6.45, 7) is -0.0681. The second-order valence-corrected chi connectivity index (χ2v) is 3.96. The van der Waals surface area contributed by atoms with Gasteiger partial charge in [-0.05, 0) is 12.8 Å². The summed E-state index contributed by atoms with van der Waals surface area (Å²) in [5, 5.41) is 21.1. The van der Waals surface area contributed by atoms with E-state index in [4.69, 9.17) is 10.2 Å². The summed E-state index contributed by atoms with van der Waals surface area (Å²) in [6, 6.07) is -2.53. The van der Waals surface area contributed by atoms with Crippen LogP contribution in [0.25, 0.3) is 0 Å². The molecule has 1 atom stereocenters. The maximum Gasteiger partial charge on any atom is 0.389 e. The molecule has 0 spiro atoms. The van der Waals surface area contributed by atoms with Crippen molar-refractivity contribution in [3.05, 3.63) is 0 Å². The first kappa shape index (κ1) is 18.0. The molecular formula is C10H15F3N2O5. The number of aliphatic carboxylic acids is 2. The number of amides is 2.